The van der Waals surface area contributed by atoms with Crippen molar-refractivity contribution in [1.82, 2.24) is 14.5 Å². The molecule has 5 rings (SSSR count). The zero-order chi connectivity index (χ0) is 14.0. The molecule has 6 heteroatoms. The highest BCUT2D eigenvalue weighted by Gasteiger charge is 2.52. The Kier molecular flexibility index (Phi) is 2.61. The van der Waals surface area contributed by atoms with Crippen LogP contribution >= 0.6 is 0 Å². The van der Waals surface area contributed by atoms with Crippen LogP contribution in [0.25, 0.3) is 0 Å². The SMILES string of the molecule is Cn1cc(S(=O)(=O)NC23CC4CC(CC(C4)C2)C3)cn1. The van der Waals surface area contributed by atoms with Gasteiger partial charge >= 0.3 is 0 Å². The van der Waals surface area contributed by atoms with Gasteiger partial charge in [0.2, 0.25) is 10.0 Å². The van der Waals surface area contributed by atoms with Crippen LogP contribution in [-0.4, -0.2) is 23.7 Å². The maximum Gasteiger partial charge on any atom is 0.244 e. The molecule has 0 atom stereocenters. The van der Waals surface area contributed by atoms with Crippen LogP contribution in [0, 0.1) is 17.8 Å². The van der Waals surface area contributed by atoms with Gasteiger partial charge in [0.05, 0.1) is 6.20 Å². The van der Waals surface area contributed by atoms with Gasteiger partial charge in [-0.2, -0.15) is 5.10 Å². The lowest BCUT2D eigenvalue weighted by Crippen LogP contribution is -2.59. The molecule has 0 amide bonds. The molecule has 1 heterocycles. The Bertz CT molecular complexity index is 599. The van der Waals surface area contributed by atoms with Crippen LogP contribution in [0.15, 0.2) is 17.3 Å². The molecule has 0 aromatic carbocycles. The largest absolute Gasteiger partial charge is 0.274 e. The molecule has 1 aromatic heterocycles. The summed E-state index contributed by atoms with van der Waals surface area (Å²) >= 11 is 0. The van der Waals surface area contributed by atoms with E-state index in [1.165, 1.54) is 30.1 Å². The van der Waals surface area contributed by atoms with Gasteiger partial charge in [0.1, 0.15) is 4.90 Å². The molecule has 4 fully saturated rings. The second kappa shape index (κ2) is 4.07. The summed E-state index contributed by atoms with van der Waals surface area (Å²) in [5, 5.41) is 3.97. The first-order valence-electron chi connectivity index (χ1n) is 7.47. The summed E-state index contributed by atoms with van der Waals surface area (Å²) in [6, 6.07) is 0. The first-order chi connectivity index (χ1) is 9.44. The quantitative estimate of drug-likeness (QED) is 0.922. The monoisotopic (exact) mass is 295 g/mol. The number of aromatic nitrogens is 2. The number of hydrogen-bond acceptors (Lipinski definition) is 3. The number of nitrogens with zero attached hydrogens (tertiary/aromatic N) is 2. The molecule has 20 heavy (non-hydrogen) atoms. The third-order valence-corrected chi connectivity index (χ3v) is 6.91. The zero-order valence-corrected chi connectivity index (χ0v) is 12.6. The fraction of sp³-hybridized carbons (Fsp3) is 0.786. The Morgan fingerprint density at radius 2 is 1.75 bits per heavy atom. The van der Waals surface area contributed by atoms with Gasteiger partial charge in [0.25, 0.3) is 0 Å². The Morgan fingerprint density at radius 1 is 1.20 bits per heavy atom. The highest BCUT2D eigenvalue weighted by molar-refractivity contribution is 7.89. The van der Waals surface area contributed by atoms with Gasteiger partial charge in [-0.1, -0.05) is 0 Å². The molecule has 0 saturated heterocycles. The summed E-state index contributed by atoms with van der Waals surface area (Å²) in [6.45, 7) is 0. The van der Waals surface area contributed by atoms with Crippen LogP contribution in [0.3, 0.4) is 0 Å². The number of sulfonamides is 1. The van der Waals surface area contributed by atoms with Crippen molar-refractivity contribution in [3.8, 4) is 0 Å². The standard InChI is InChI=1S/C14H21N3O2S/c1-17-9-13(8-15-17)20(18,19)16-14-5-10-2-11(6-14)4-12(3-10)7-14/h8-12,16H,2-7H2,1H3. The second-order valence-electron chi connectivity index (χ2n) is 7.15. The van der Waals surface area contributed by atoms with E-state index in [0.29, 0.717) is 0 Å². The summed E-state index contributed by atoms with van der Waals surface area (Å²) in [6.07, 6.45) is 10.0. The van der Waals surface area contributed by atoms with Gasteiger partial charge in [0.15, 0.2) is 0 Å². The molecule has 1 aromatic rings. The fourth-order valence-electron chi connectivity index (χ4n) is 5.12. The Morgan fingerprint density at radius 3 is 2.20 bits per heavy atom. The van der Waals surface area contributed by atoms with E-state index in [1.807, 2.05) is 0 Å². The minimum absolute atomic E-state index is 0.177. The van der Waals surface area contributed by atoms with E-state index in [4.69, 9.17) is 0 Å². The van der Waals surface area contributed by atoms with Crippen molar-refractivity contribution >= 4 is 10.0 Å². The third-order valence-electron chi connectivity index (χ3n) is 5.38. The molecule has 4 bridgehead atoms. The van der Waals surface area contributed by atoms with E-state index in [2.05, 4.69) is 9.82 Å². The van der Waals surface area contributed by atoms with Crippen LogP contribution in [0.5, 0.6) is 0 Å². The van der Waals surface area contributed by atoms with Gasteiger partial charge in [-0.3, -0.25) is 4.68 Å². The van der Waals surface area contributed by atoms with Crippen LogP contribution in [0.4, 0.5) is 0 Å². The first-order valence-corrected chi connectivity index (χ1v) is 8.95. The number of rotatable bonds is 3. The molecule has 4 saturated carbocycles. The summed E-state index contributed by atoms with van der Waals surface area (Å²) in [4.78, 5) is 0.288. The molecule has 110 valence electrons. The van der Waals surface area contributed by atoms with Crippen molar-refractivity contribution in [3.05, 3.63) is 12.4 Å². The average molecular weight is 295 g/mol. The number of nitrogens with one attached hydrogen (secondary N) is 1. The third kappa shape index (κ3) is 2.00. The lowest BCUT2D eigenvalue weighted by molar-refractivity contribution is -0.00810. The first kappa shape index (κ1) is 12.8. The number of hydrogen-bond donors (Lipinski definition) is 1. The van der Waals surface area contributed by atoms with E-state index in [-0.39, 0.29) is 10.4 Å². The van der Waals surface area contributed by atoms with Gasteiger partial charge < -0.3 is 0 Å². The number of aryl methyl sites for hydroxylation is 1. The predicted molar refractivity (Wildman–Crippen MR) is 74.4 cm³/mol. The predicted octanol–water partition coefficient (Wildman–Crippen LogP) is 1.67. The molecule has 1 N–H and O–H groups in total. The summed E-state index contributed by atoms with van der Waals surface area (Å²) in [5.41, 5.74) is -0.177. The maximum absolute atomic E-state index is 12.6. The van der Waals surface area contributed by atoms with Gasteiger partial charge in [0, 0.05) is 18.8 Å². The smallest absolute Gasteiger partial charge is 0.244 e. The van der Waals surface area contributed by atoms with E-state index in [9.17, 15) is 8.42 Å². The van der Waals surface area contributed by atoms with Gasteiger partial charge in [-0.25, -0.2) is 13.1 Å². The van der Waals surface area contributed by atoms with Crippen molar-refractivity contribution < 1.29 is 8.42 Å². The lowest BCUT2D eigenvalue weighted by Gasteiger charge is -2.56. The normalized spacial score (nSPS) is 39.4. The maximum atomic E-state index is 12.6. The molecule has 5 nitrogen and oxygen atoms in total. The summed E-state index contributed by atoms with van der Waals surface area (Å²) in [5.74, 6) is 2.20. The minimum atomic E-state index is -3.44. The average Bonchev–Trinajstić information content (AvgIpc) is 2.73. The molecular formula is C14H21N3O2S. The zero-order valence-electron chi connectivity index (χ0n) is 11.7. The second-order valence-corrected chi connectivity index (χ2v) is 8.84. The van der Waals surface area contributed by atoms with Crippen LogP contribution in [-0.2, 0) is 17.1 Å². The van der Waals surface area contributed by atoms with Crippen molar-refractivity contribution in [2.75, 3.05) is 0 Å². The summed E-state index contributed by atoms with van der Waals surface area (Å²) < 4.78 is 29.7. The lowest BCUT2D eigenvalue weighted by atomic mass is 9.53. The van der Waals surface area contributed by atoms with Crippen LogP contribution in [0.1, 0.15) is 38.5 Å². The van der Waals surface area contributed by atoms with Crippen molar-refractivity contribution in [1.29, 1.82) is 0 Å². The molecule has 4 aliphatic carbocycles. The minimum Gasteiger partial charge on any atom is -0.274 e. The van der Waals surface area contributed by atoms with Gasteiger partial charge in [-0.05, 0) is 56.3 Å². The highest BCUT2D eigenvalue weighted by Crippen LogP contribution is 2.55. The summed E-state index contributed by atoms with van der Waals surface area (Å²) in [7, 11) is -1.70. The molecule has 0 spiro atoms. The van der Waals surface area contributed by atoms with Gasteiger partial charge in [-0.15, -0.1) is 0 Å². The van der Waals surface area contributed by atoms with E-state index in [1.54, 1.807) is 13.2 Å². The van der Waals surface area contributed by atoms with Crippen LogP contribution < -0.4 is 4.72 Å². The Hall–Kier alpha value is -0.880. The highest BCUT2D eigenvalue weighted by atomic mass is 32.2. The molecule has 0 unspecified atom stereocenters. The topological polar surface area (TPSA) is 64.0 Å². The molecular weight excluding hydrogens is 274 g/mol. The molecule has 0 aliphatic heterocycles. The van der Waals surface area contributed by atoms with Crippen molar-refractivity contribution in [3.63, 3.8) is 0 Å². The van der Waals surface area contributed by atoms with Crippen molar-refractivity contribution in [2.24, 2.45) is 24.8 Å². The van der Waals surface area contributed by atoms with E-state index >= 15 is 0 Å². The van der Waals surface area contributed by atoms with E-state index in [0.717, 1.165) is 37.0 Å². The van der Waals surface area contributed by atoms with E-state index < -0.39 is 10.0 Å². The Balaban J connectivity index is 1.62. The molecule has 4 aliphatic rings. The van der Waals surface area contributed by atoms with Crippen molar-refractivity contribution in [2.45, 2.75) is 49.0 Å². The molecule has 0 radical (unpaired) electrons. The fourth-order valence-corrected chi connectivity index (χ4v) is 6.53. The van der Waals surface area contributed by atoms with Crippen LogP contribution in [0.2, 0.25) is 0 Å². The Labute approximate surface area is 119 Å².